The number of aliphatic hydroxyl groups is 1. The standard InChI is InChI=1S/C10H14N2O3/c1-7(6-13)5-11-10(15)8-3-2-4-9(14)12-8/h2-4,7,13H,5-6H2,1H3,(H,11,15)(H,12,14). The fraction of sp³-hybridized carbons (Fsp3) is 0.400. The van der Waals surface area contributed by atoms with Crippen molar-refractivity contribution < 1.29 is 9.90 Å². The lowest BCUT2D eigenvalue weighted by Crippen LogP contribution is -2.31. The van der Waals surface area contributed by atoms with Crippen LogP contribution in [-0.4, -0.2) is 29.1 Å². The van der Waals surface area contributed by atoms with Gasteiger partial charge in [0.15, 0.2) is 0 Å². The van der Waals surface area contributed by atoms with Crippen LogP contribution in [0.5, 0.6) is 0 Å². The number of pyridine rings is 1. The molecule has 0 aliphatic carbocycles. The van der Waals surface area contributed by atoms with Crippen molar-refractivity contribution in [1.29, 1.82) is 0 Å². The number of aromatic nitrogens is 1. The van der Waals surface area contributed by atoms with Crippen LogP contribution in [0.4, 0.5) is 0 Å². The Labute approximate surface area is 87.1 Å². The molecule has 15 heavy (non-hydrogen) atoms. The number of rotatable bonds is 4. The van der Waals surface area contributed by atoms with Crippen molar-refractivity contribution in [2.45, 2.75) is 6.92 Å². The second kappa shape index (κ2) is 5.31. The molecule has 3 N–H and O–H groups in total. The summed E-state index contributed by atoms with van der Waals surface area (Å²) in [7, 11) is 0. The van der Waals surface area contributed by atoms with E-state index >= 15 is 0 Å². The summed E-state index contributed by atoms with van der Waals surface area (Å²) in [4.78, 5) is 24.8. The molecule has 0 saturated heterocycles. The summed E-state index contributed by atoms with van der Waals surface area (Å²) in [5.74, 6) is -0.336. The molecule has 0 aromatic carbocycles. The van der Waals surface area contributed by atoms with Crippen molar-refractivity contribution in [3.63, 3.8) is 0 Å². The van der Waals surface area contributed by atoms with Gasteiger partial charge in [0, 0.05) is 19.2 Å². The first-order valence-corrected chi connectivity index (χ1v) is 4.72. The highest BCUT2D eigenvalue weighted by atomic mass is 16.3. The van der Waals surface area contributed by atoms with Crippen LogP contribution < -0.4 is 10.9 Å². The maximum absolute atomic E-state index is 11.5. The fourth-order valence-corrected chi connectivity index (χ4v) is 1.01. The Hall–Kier alpha value is -1.62. The van der Waals surface area contributed by atoms with Gasteiger partial charge in [-0.3, -0.25) is 9.59 Å². The largest absolute Gasteiger partial charge is 0.396 e. The van der Waals surface area contributed by atoms with Crippen molar-refractivity contribution in [2.75, 3.05) is 13.2 Å². The maximum atomic E-state index is 11.5. The normalized spacial score (nSPS) is 12.1. The van der Waals surface area contributed by atoms with E-state index in [1.807, 2.05) is 6.92 Å². The van der Waals surface area contributed by atoms with Gasteiger partial charge in [0.2, 0.25) is 5.56 Å². The third kappa shape index (κ3) is 3.55. The molecule has 1 aromatic heterocycles. The summed E-state index contributed by atoms with van der Waals surface area (Å²) in [6.07, 6.45) is 0. The minimum atomic E-state index is -0.340. The second-order valence-electron chi connectivity index (χ2n) is 3.43. The number of carbonyl (C=O) groups excluding carboxylic acids is 1. The number of hydrogen-bond acceptors (Lipinski definition) is 3. The zero-order valence-corrected chi connectivity index (χ0v) is 8.49. The average Bonchev–Trinajstić information content (AvgIpc) is 2.25. The van der Waals surface area contributed by atoms with E-state index in [1.165, 1.54) is 18.2 Å². The van der Waals surface area contributed by atoms with E-state index < -0.39 is 0 Å². The van der Waals surface area contributed by atoms with E-state index in [-0.39, 0.29) is 29.7 Å². The van der Waals surface area contributed by atoms with Crippen LogP contribution in [0.2, 0.25) is 0 Å². The lowest BCUT2D eigenvalue weighted by molar-refractivity contribution is 0.0937. The van der Waals surface area contributed by atoms with E-state index in [4.69, 9.17) is 5.11 Å². The van der Waals surface area contributed by atoms with Crippen LogP contribution >= 0.6 is 0 Å². The molecule has 1 unspecified atom stereocenters. The summed E-state index contributed by atoms with van der Waals surface area (Å²) in [5.41, 5.74) is -0.0782. The molecule has 0 spiro atoms. The van der Waals surface area contributed by atoms with Crippen LogP contribution in [0.25, 0.3) is 0 Å². The molecule has 1 atom stereocenters. The van der Waals surface area contributed by atoms with Crippen molar-refractivity contribution in [1.82, 2.24) is 10.3 Å². The van der Waals surface area contributed by atoms with Crippen LogP contribution in [0, 0.1) is 5.92 Å². The van der Waals surface area contributed by atoms with E-state index in [0.29, 0.717) is 6.54 Å². The van der Waals surface area contributed by atoms with Gasteiger partial charge in [-0.1, -0.05) is 13.0 Å². The molecule has 0 saturated carbocycles. The summed E-state index contributed by atoms with van der Waals surface area (Å²) >= 11 is 0. The number of amides is 1. The molecule has 1 aromatic rings. The van der Waals surface area contributed by atoms with Gasteiger partial charge in [0.25, 0.3) is 5.91 Å². The highest BCUT2D eigenvalue weighted by Gasteiger charge is 2.07. The number of hydrogen-bond donors (Lipinski definition) is 3. The highest BCUT2D eigenvalue weighted by Crippen LogP contribution is 1.93. The number of aliphatic hydroxyl groups excluding tert-OH is 1. The fourth-order valence-electron chi connectivity index (χ4n) is 1.01. The molecule has 1 rings (SSSR count). The zero-order valence-electron chi connectivity index (χ0n) is 8.49. The van der Waals surface area contributed by atoms with Crippen molar-refractivity contribution in [3.05, 3.63) is 34.2 Å². The van der Waals surface area contributed by atoms with Gasteiger partial charge in [0.1, 0.15) is 5.69 Å². The summed E-state index contributed by atoms with van der Waals surface area (Å²) < 4.78 is 0. The molecular formula is C10H14N2O3. The third-order valence-electron chi connectivity index (χ3n) is 1.94. The van der Waals surface area contributed by atoms with E-state index in [1.54, 1.807) is 0 Å². The van der Waals surface area contributed by atoms with Gasteiger partial charge in [-0.05, 0) is 12.0 Å². The molecule has 1 amide bonds. The smallest absolute Gasteiger partial charge is 0.267 e. The van der Waals surface area contributed by atoms with Gasteiger partial charge >= 0.3 is 0 Å². The molecule has 0 bridgehead atoms. The van der Waals surface area contributed by atoms with Crippen LogP contribution in [0.1, 0.15) is 17.4 Å². The zero-order chi connectivity index (χ0) is 11.3. The summed E-state index contributed by atoms with van der Waals surface area (Å²) in [5, 5.41) is 11.4. The number of aromatic amines is 1. The Kier molecular flexibility index (Phi) is 4.05. The quantitative estimate of drug-likeness (QED) is 0.640. The predicted octanol–water partition coefficient (Wildman–Crippen LogP) is -0.267. The Bertz CT molecular complexity index is 386. The van der Waals surface area contributed by atoms with Crippen molar-refractivity contribution in [2.24, 2.45) is 5.92 Å². The summed E-state index contributed by atoms with van der Waals surface area (Å²) in [6, 6.07) is 4.39. The van der Waals surface area contributed by atoms with Gasteiger partial charge in [-0.25, -0.2) is 0 Å². The van der Waals surface area contributed by atoms with Crippen LogP contribution in [-0.2, 0) is 0 Å². The van der Waals surface area contributed by atoms with E-state index in [9.17, 15) is 9.59 Å². The molecule has 0 radical (unpaired) electrons. The topological polar surface area (TPSA) is 82.2 Å². The Balaban J connectivity index is 2.58. The molecule has 1 heterocycles. The number of H-pyrrole nitrogens is 1. The predicted molar refractivity (Wildman–Crippen MR) is 55.6 cm³/mol. The Morgan fingerprint density at radius 1 is 1.60 bits per heavy atom. The monoisotopic (exact) mass is 210 g/mol. The average molecular weight is 210 g/mol. The molecule has 82 valence electrons. The minimum Gasteiger partial charge on any atom is -0.396 e. The first-order valence-electron chi connectivity index (χ1n) is 4.72. The van der Waals surface area contributed by atoms with Crippen molar-refractivity contribution >= 4 is 5.91 Å². The van der Waals surface area contributed by atoms with E-state index in [2.05, 4.69) is 10.3 Å². The molecule has 0 fully saturated rings. The molecule has 5 nitrogen and oxygen atoms in total. The number of nitrogens with one attached hydrogen (secondary N) is 2. The van der Waals surface area contributed by atoms with Gasteiger partial charge in [0.05, 0.1) is 0 Å². The first kappa shape index (κ1) is 11.5. The summed E-state index contributed by atoms with van der Waals surface area (Å²) in [6.45, 7) is 2.21. The first-order chi connectivity index (χ1) is 7.13. The molecule has 5 heteroatoms. The van der Waals surface area contributed by atoms with Crippen molar-refractivity contribution in [3.8, 4) is 0 Å². The SMILES string of the molecule is CC(CO)CNC(=O)c1cccc(=O)[nH]1. The van der Waals surface area contributed by atoms with Gasteiger partial charge < -0.3 is 15.4 Å². The van der Waals surface area contributed by atoms with E-state index in [0.717, 1.165) is 0 Å². The molecular weight excluding hydrogens is 196 g/mol. The molecule has 0 aliphatic heterocycles. The number of carbonyl (C=O) groups is 1. The van der Waals surface area contributed by atoms with Gasteiger partial charge in [-0.15, -0.1) is 0 Å². The third-order valence-corrected chi connectivity index (χ3v) is 1.94. The lowest BCUT2D eigenvalue weighted by atomic mass is 10.2. The molecule has 0 aliphatic rings. The lowest BCUT2D eigenvalue weighted by Gasteiger charge is -2.09. The Morgan fingerprint density at radius 3 is 2.93 bits per heavy atom. The minimum absolute atomic E-state index is 0.00406. The van der Waals surface area contributed by atoms with Gasteiger partial charge in [-0.2, -0.15) is 0 Å². The Morgan fingerprint density at radius 2 is 2.33 bits per heavy atom. The highest BCUT2D eigenvalue weighted by molar-refractivity contribution is 5.92. The van der Waals surface area contributed by atoms with Crippen LogP contribution in [0.3, 0.4) is 0 Å². The maximum Gasteiger partial charge on any atom is 0.267 e. The second-order valence-corrected chi connectivity index (χ2v) is 3.43. The van der Waals surface area contributed by atoms with Crippen LogP contribution in [0.15, 0.2) is 23.0 Å².